The number of aryl methyl sites for hydroxylation is 3. The average Bonchev–Trinajstić information content (AvgIpc) is 2.62. The number of nitro groups is 1. The third-order valence-corrected chi connectivity index (χ3v) is 3.72. The van der Waals surface area contributed by atoms with Crippen LogP contribution in [0.1, 0.15) is 35.5 Å². The first-order valence-electron chi connectivity index (χ1n) is 6.83. The summed E-state index contributed by atoms with van der Waals surface area (Å²) < 4.78 is 1.83. The highest BCUT2D eigenvalue weighted by Gasteiger charge is 2.20. The second-order valence-electron chi connectivity index (χ2n) is 5.35. The molecular formula is C15H20N4O2. The minimum Gasteiger partial charge on any atom is -0.373 e. The molecule has 1 heterocycles. The first-order valence-corrected chi connectivity index (χ1v) is 6.83. The number of nitro benzene ring substituents is 1. The number of hydrogen-bond acceptors (Lipinski definition) is 4. The summed E-state index contributed by atoms with van der Waals surface area (Å²) >= 11 is 0. The van der Waals surface area contributed by atoms with Crippen LogP contribution in [0.5, 0.6) is 0 Å². The fourth-order valence-electron chi connectivity index (χ4n) is 2.65. The highest BCUT2D eigenvalue weighted by molar-refractivity contribution is 5.63. The predicted octanol–water partition coefficient (Wildman–Crippen LogP) is 3.43. The van der Waals surface area contributed by atoms with Crippen molar-refractivity contribution >= 4 is 11.4 Å². The molecule has 0 aliphatic carbocycles. The molecule has 0 saturated heterocycles. The van der Waals surface area contributed by atoms with Gasteiger partial charge in [0.15, 0.2) is 0 Å². The second kappa shape index (κ2) is 5.55. The van der Waals surface area contributed by atoms with Gasteiger partial charge in [0.05, 0.1) is 16.7 Å². The molecule has 1 N–H and O–H groups in total. The Morgan fingerprint density at radius 2 is 2.00 bits per heavy atom. The fraction of sp³-hybridized carbons (Fsp3) is 0.400. The van der Waals surface area contributed by atoms with Crippen molar-refractivity contribution in [2.45, 2.75) is 33.7 Å². The molecule has 0 fully saturated rings. The first-order chi connectivity index (χ1) is 9.81. The van der Waals surface area contributed by atoms with Crippen LogP contribution in [0.15, 0.2) is 18.2 Å². The van der Waals surface area contributed by atoms with Gasteiger partial charge in [-0.1, -0.05) is 6.07 Å². The average molecular weight is 288 g/mol. The van der Waals surface area contributed by atoms with E-state index in [1.807, 2.05) is 39.4 Å². The molecule has 2 aromatic rings. The molecule has 0 saturated carbocycles. The van der Waals surface area contributed by atoms with E-state index >= 15 is 0 Å². The lowest BCUT2D eigenvalue weighted by molar-refractivity contribution is -0.384. The molecule has 0 bridgehead atoms. The number of hydrogen-bond donors (Lipinski definition) is 1. The lowest BCUT2D eigenvalue weighted by Gasteiger charge is -2.16. The van der Waals surface area contributed by atoms with Gasteiger partial charge in [-0.15, -0.1) is 0 Å². The topological polar surface area (TPSA) is 73.0 Å². The Morgan fingerprint density at radius 3 is 2.52 bits per heavy atom. The molecule has 1 aromatic carbocycles. The van der Waals surface area contributed by atoms with Crippen molar-refractivity contribution < 1.29 is 4.92 Å². The maximum absolute atomic E-state index is 11.1. The smallest absolute Gasteiger partial charge is 0.292 e. The molecule has 1 atom stereocenters. The van der Waals surface area contributed by atoms with Crippen molar-refractivity contribution in [1.82, 2.24) is 9.78 Å². The van der Waals surface area contributed by atoms with Crippen LogP contribution < -0.4 is 5.32 Å². The van der Waals surface area contributed by atoms with Gasteiger partial charge in [0.25, 0.3) is 5.69 Å². The van der Waals surface area contributed by atoms with Gasteiger partial charge < -0.3 is 5.32 Å². The molecule has 0 aliphatic rings. The normalized spacial score (nSPS) is 12.2. The van der Waals surface area contributed by atoms with Crippen LogP contribution >= 0.6 is 0 Å². The van der Waals surface area contributed by atoms with Crippen molar-refractivity contribution in [2.24, 2.45) is 7.05 Å². The summed E-state index contributed by atoms with van der Waals surface area (Å²) in [6.07, 6.45) is 0. The molecule has 6 nitrogen and oxygen atoms in total. The van der Waals surface area contributed by atoms with Gasteiger partial charge >= 0.3 is 0 Å². The molecule has 6 heteroatoms. The highest BCUT2D eigenvalue weighted by Crippen LogP contribution is 2.30. The van der Waals surface area contributed by atoms with Crippen LogP contribution in [0.3, 0.4) is 0 Å². The number of nitrogens with one attached hydrogen (secondary N) is 1. The summed E-state index contributed by atoms with van der Waals surface area (Å²) in [5.74, 6) is 0. The van der Waals surface area contributed by atoms with Crippen LogP contribution in [0.4, 0.5) is 11.4 Å². The van der Waals surface area contributed by atoms with E-state index in [9.17, 15) is 10.1 Å². The van der Waals surface area contributed by atoms with E-state index in [2.05, 4.69) is 10.4 Å². The molecule has 0 radical (unpaired) electrons. The molecule has 1 unspecified atom stereocenters. The highest BCUT2D eigenvalue weighted by atomic mass is 16.6. The maximum atomic E-state index is 11.1. The van der Waals surface area contributed by atoms with E-state index in [1.54, 1.807) is 12.1 Å². The largest absolute Gasteiger partial charge is 0.373 e. The summed E-state index contributed by atoms with van der Waals surface area (Å²) in [4.78, 5) is 10.8. The first kappa shape index (κ1) is 15.0. The van der Waals surface area contributed by atoms with Gasteiger partial charge in [-0.2, -0.15) is 5.10 Å². The van der Waals surface area contributed by atoms with Gasteiger partial charge in [-0.25, -0.2) is 0 Å². The van der Waals surface area contributed by atoms with Crippen molar-refractivity contribution in [1.29, 1.82) is 0 Å². The van der Waals surface area contributed by atoms with Crippen LogP contribution in [-0.2, 0) is 7.05 Å². The van der Waals surface area contributed by atoms with E-state index in [0.29, 0.717) is 5.69 Å². The van der Waals surface area contributed by atoms with Crippen LogP contribution in [0.2, 0.25) is 0 Å². The lowest BCUT2D eigenvalue weighted by atomic mass is 10.1. The Hall–Kier alpha value is -2.37. The molecule has 0 aliphatic heterocycles. The lowest BCUT2D eigenvalue weighted by Crippen LogP contribution is -2.10. The van der Waals surface area contributed by atoms with Crippen LogP contribution in [-0.4, -0.2) is 14.7 Å². The number of benzene rings is 1. The molecular weight excluding hydrogens is 268 g/mol. The summed E-state index contributed by atoms with van der Waals surface area (Å²) in [5.41, 5.74) is 4.68. The quantitative estimate of drug-likeness (QED) is 0.691. The molecule has 112 valence electrons. The third-order valence-electron chi connectivity index (χ3n) is 3.72. The van der Waals surface area contributed by atoms with Gasteiger partial charge in [0.1, 0.15) is 5.69 Å². The van der Waals surface area contributed by atoms with Crippen LogP contribution in [0, 0.1) is 30.9 Å². The second-order valence-corrected chi connectivity index (χ2v) is 5.35. The molecule has 0 amide bonds. The van der Waals surface area contributed by atoms with Gasteiger partial charge in [-0.3, -0.25) is 14.8 Å². The number of nitrogens with zero attached hydrogens (tertiary/aromatic N) is 3. The molecule has 0 spiro atoms. The van der Waals surface area contributed by atoms with Crippen molar-refractivity contribution in [3.05, 3.63) is 50.8 Å². The zero-order valence-corrected chi connectivity index (χ0v) is 13.0. The van der Waals surface area contributed by atoms with Gasteiger partial charge in [0, 0.05) is 24.4 Å². The summed E-state index contributed by atoms with van der Waals surface area (Å²) in [7, 11) is 1.90. The van der Waals surface area contributed by atoms with Gasteiger partial charge in [-0.05, 0) is 39.3 Å². The fourth-order valence-corrected chi connectivity index (χ4v) is 2.65. The minimum atomic E-state index is -0.364. The summed E-state index contributed by atoms with van der Waals surface area (Å²) in [6, 6.07) is 5.02. The number of aromatic nitrogens is 2. The SMILES string of the molecule is Cc1ccc([N+](=O)[O-])c(NC(C)c2c(C)nn(C)c2C)c1. The Balaban J connectivity index is 2.37. The number of rotatable bonds is 4. The monoisotopic (exact) mass is 288 g/mol. The summed E-state index contributed by atoms with van der Waals surface area (Å²) in [5, 5.41) is 18.8. The standard InChI is InChI=1S/C15H20N4O2/c1-9-6-7-14(19(20)21)13(8-9)16-10(2)15-11(3)17-18(5)12(15)4/h6-8,10,16H,1-5H3. The van der Waals surface area contributed by atoms with Crippen molar-refractivity contribution in [2.75, 3.05) is 5.32 Å². The summed E-state index contributed by atoms with van der Waals surface area (Å²) in [6.45, 7) is 7.85. The van der Waals surface area contributed by atoms with Crippen molar-refractivity contribution in [3.8, 4) is 0 Å². The predicted molar refractivity (Wildman–Crippen MR) is 82.6 cm³/mol. The third kappa shape index (κ3) is 2.89. The molecule has 2 rings (SSSR count). The zero-order chi connectivity index (χ0) is 15.7. The van der Waals surface area contributed by atoms with Crippen molar-refractivity contribution in [3.63, 3.8) is 0 Å². The zero-order valence-electron chi connectivity index (χ0n) is 13.0. The van der Waals surface area contributed by atoms with E-state index in [4.69, 9.17) is 0 Å². The minimum absolute atomic E-state index is 0.0563. The maximum Gasteiger partial charge on any atom is 0.292 e. The Labute approximate surface area is 123 Å². The van der Waals surface area contributed by atoms with E-state index in [1.165, 1.54) is 6.07 Å². The molecule has 1 aromatic heterocycles. The van der Waals surface area contributed by atoms with Gasteiger partial charge in [0.2, 0.25) is 0 Å². The van der Waals surface area contributed by atoms with Crippen LogP contribution in [0.25, 0.3) is 0 Å². The van der Waals surface area contributed by atoms with E-state index in [0.717, 1.165) is 22.5 Å². The Kier molecular flexibility index (Phi) is 3.97. The number of anilines is 1. The van der Waals surface area contributed by atoms with E-state index < -0.39 is 0 Å². The Bertz CT molecular complexity index is 691. The van der Waals surface area contributed by atoms with E-state index in [-0.39, 0.29) is 16.7 Å². The molecule has 21 heavy (non-hydrogen) atoms. The Morgan fingerprint density at radius 1 is 1.33 bits per heavy atom.